The average Bonchev–Trinajstić information content (AvgIpc) is 3.43. The van der Waals surface area contributed by atoms with E-state index in [9.17, 15) is 19.5 Å². The first kappa shape index (κ1) is 27.0. The summed E-state index contributed by atoms with van der Waals surface area (Å²) in [6.45, 7) is 5.61. The van der Waals surface area contributed by atoms with E-state index in [-0.39, 0.29) is 36.4 Å². The summed E-state index contributed by atoms with van der Waals surface area (Å²) >= 11 is 1.29. The van der Waals surface area contributed by atoms with Crippen LogP contribution in [0.4, 0.5) is 0 Å². The molecule has 0 amide bonds. The van der Waals surface area contributed by atoms with Crippen molar-refractivity contribution in [1.29, 1.82) is 0 Å². The minimum Gasteiger partial charge on any atom is -0.504 e. The van der Waals surface area contributed by atoms with Crippen molar-refractivity contribution in [3.63, 3.8) is 0 Å². The Balaban J connectivity index is 1.55. The van der Waals surface area contributed by atoms with Crippen LogP contribution in [0.1, 0.15) is 51.6 Å². The van der Waals surface area contributed by atoms with Crippen LogP contribution in [0.3, 0.4) is 0 Å². The number of carbonyl (C=O) groups is 3. The summed E-state index contributed by atoms with van der Waals surface area (Å²) in [5, 5.41) is 11.1. The van der Waals surface area contributed by atoms with Crippen molar-refractivity contribution >= 4 is 35.2 Å². The SMILES string of the molecule is COc1c(C)cc2c(c1O)C1C3[C@@H]4SCC(=O)C(=O)O/C=C(\c5c6c(c(C)c(OC(C)=O)c54)OCO6)N3CC(C2)N1C. The second-order valence-electron chi connectivity index (χ2n) is 11.2. The van der Waals surface area contributed by atoms with Crippen LogP contribution in [0.25, 0.3) is 5.70 Å². The molecule has 0 radical (unpaired) electrons. The lowest BCUT2D eigenvalue weighted by Gasteiger charge is -2.59. The van der Waals surface area contributed by atoms with E-state index in [0.29, 0.717) is 58.4 Å². The number of ketones is 1. The van der Waals surface area contributed by atoms with E-state index in [1.165, 1.54) is 32.1 Å². The molecular formula is C30H30N2O9S. The molecule has 11 nitrogen and oxygen atoms in total. The molecule has 7 rings (SSSR count). The maximum Gasteiger partial charge on any atom is 0.380 e. The predicted molar refractivity (Wildman–Crippen MR) is 151 cm³/mol. The predicted octanol–water partition coefficient (Wildman–Crippen LogP) is 3.17. The van der Waals surface area contributed by atoms with Gasteiger partial charge in [-0.1, -0.05) is 6.07 Å². The topological polar surface area (TPSA) is 124 Å². The first-order valence-electron chi connectivity index (χ1n) is 13.7. The molecule has 3 unspecified atom stereocenters. The number of methoxy groups -OCH3 is 1. The highest BCUT2D eigenvalue weighted by molar-refractivity contribution is 8.00. The minimum absolute atomic E-state index is 0.0205. The second kappa shape index (κ2) is 9.56. The number of phenols is 1. The van der Waals surface area contributed by atoms with E-state index in [4.69, 9.17) is 23.7 Å². The molecule has 0 aliphatic carbocycles. The van der Waals surface area contributed by atoms with E-state index in [0.717, 1.165) is 16.7 Å². The molecule has 42 heavy (non-hydrogen) atoms. The van der Waals surface area contributed by atoms with Gasteiger partial charge in [-0.05, 0) is 38.4 Å². The number of carbonyl (C=O) groups excluding carboxylic acids is 3. The van der Waals surface area contributed by atoms with Gasteiger partial charge in [-0.25, -0.2) is 4.79 Å². The zero-order chi connectivity index (χ0) is 29.6. The van der Waals surface area contributed by atoms with Crippen molar-refractivity contribution in [2.24, 2.45) is 0 Å². The van der Waals surface area contributed by atoms with E-state index >= 15 is 0 Å². The number of ether oxygens (including phenoxy) is 5. The fourth-order valence-electron chi connectivity index (χ4n) is 7.27. The van der Waals surface area contributed by atoms with E-state index < -0.39 is 23.0 Å². The zero-order valence-corrected chi connectivity index (χ0v) is 24.6. The Morgan fingerprint density at radius 3 is 2.64 bits per heavy atom. The van der Waals surface area contributed by atoms with Gasteiger partial charge in [0.1, 0.15) is 12.0 Å². The Kier molecular flexibility index (Phi) is 6.14. The van der Waals surface area contributed by atoms with Gasteiger partial charge in [-0.3, -0.25) is 14.5 Å². The molecule has 1 saturated heterocycles. The molecule has 5 aliphatic heterocycles. The maximum absolute atomic E-state index is 12.8. The number of thioether (sulfide) groups is 1. The van der Waals surface area contributed by atoms with Crippen LogP contribution in [0.15, 0.2) is 12.3 Å². The maximum atomic E-state index is 12.8. The molecule has 5 heterocycles. The van der Waals surface area contributed by atoms with Crippen LogP contribution in [0.5, 0.6) is 28.7 Å². The quantitative estimate of drug-likeness (QED) is 0.312. The van der Waals surface area contributed by atoms with Crippen LogP contribution in [0, 0.1) is 13.8 Å². The molecule has 2 aromatic rings. The highest BCUT2D eigenvalue weighted by Gasteiger charge is 2.55. The van der Waals surface area contributed by atoms with E-state index in [1.54, 1.807) is 6.92 Å². The number of Topliss-reactive ketones (excluding diaryl/α,β-unsaturated/α-hetero) is 1. The van der Waals surface area contributed by atoms with Gasteiger partial charge in [-0.15, -0.1) is 11.8 Å². The Morgan fingerprint density at radius 1 is 1.14 bits per heavy atom. The molecule has 1 N–H and O–H groups in total. The molecule has 4 bridgehead atoms. The van der Waals surface area contributed by atoms with Crippen molar-refractivity contribution in [3.05, 3.63) is 45.7 Å². The number of hydrogen-bond acceptors (Lipinski definition) is 12. The van der Waals surface area contributed by atoms with Gasteiger partial charge >= 0.3 is 11.9 Å². The van der Waals surface area contributed by atoms with Crippen LogP contribution in [-0.4, -0.2) is 78.0 Å². The number of aryl methyl sites for hydroxylation is 1. The molecule has 1 fully saturated rings. The van der Waals surface area contributed by atoms with Gasteiger partial charge in [0, 0.05) is 36.2 Å². The fourth-order valence-corrected chi connectivity index (χ4v) is 8.60. The smallest absolute Gasteiger partial charge is 0.380 e. The molecule has 0 spiro atoms. The summed E-state index contributed by atoms with van der Waals surface area (Å²) in [6.07, 6.45) is 2.00. The lowest BCUT2D eigenvalue weighted by Crippen LogP contribution is -2.63. The zero-order valence-electron chi connectivity index (χ0n) is 23.8. The normalized spacial score (nSPS) is 26.9. The van der Waals surface area contributed by atoms with Crippen LogP contribution >= 0.6 is 11.8 Å². The van der Waals surface area contributed by atoms with Crippen LogP contribution in [0.2, 0.25) is 0 Å². The lowest BCUT2D eigenvalue weighted by molar-refractivity contribution is -0.148. The van der Waals surface area contributed by atoms with Gasteiger partial charge in [-0.2, -0.15) is 0 Å². The van der Waals surface area contributed by atoms with Crippen LogP contribution in [-0.2, 0) is 25.5 Å². The van der Waals surface area contributed by atoms with Gasteiger partial charge in [0.2, 0.25) is 12.6 Å². The molecule has 2 aromatic carbocycles. The Bertz CT molecular complexity index is 1620. The Hall–Kier alpha value is -3.90. The Morgan fingerprint density at radius 2 is 1.90 bits per heavy atom. The van der Waals surface area contributed by atoms with E-state index in [1.807, 2.05) is 14.0 Å². The molecule has 5 aliphatic rings. The monoisotopic (exact) mass is 594 g/mol. The third kappa shape index (κ3) is 3.67. The van der Waals surface area contributed by atoms with E-state index in [2.05, 4.69) is 15.9 Å². The minimum atomic E-state index is -0.945. The highest BCUT2D eigenvalue weighted by Crippen LogP contribution is 2.62. The van der Waals surface area contributed by atoms with Crippen molar-refractivity contribution in [1.82, 2.24) is 9.80 Å². The number of piperazine rings is 1. The summed E-state index contributed by atoms with van der Waals surface area (Å²) in [7, 11) is 3.58. The Labute approximate surface area is 246 Å². The standard InChI is InChI=1S/C30H30N2O9S/c1-12-6-15-7-16-8-32-17-9-38-30(36)18(34)10-42-29(23(32)22(31(16)4)19(15)24(35)25(12)37-5)21-20(17)28-27(39-11-40-28)13(2)26(21)41-14(3)33/h6,9,16,22-23,29,35H,7-8,10-11H2,1-5H3/b17-9+/t16?,22?,23?,29-/m1/s1. The number of fused-ring (bicyclic) bond motifs is 9. The first-order valence-corrected chi connectivity index (χ1v) is 14.8. The summed E-state index contributed by atoms with van der Waals surface area (Å²) in [5.74, 6) is -0.520. The molecular weight excluding hydrogens is 564 g/mol. The highest BCUT2D eigenvalue weighted by atomic mass is 32.2. The van der Waals surface area contributed by atoms with Crippen molar-refractivity contribution in [2.45, 2.75) is 50.6 Å². The largest absolute Gasteiger partial charge is 0.504 e. The molecule has 220 valence electrons. The first-order chi connectivity index (χ1) is 20.1. The summed E-state index contributed by atoms with van der Waals surface area (Å²) < 4.78 is 28.8. The summed E-state index contributed by atoms with van der Waals surface area (Å²) in [4.78, 5) is 42.3. The number of cyclic esters (lactones) is 1. The van der Waals surface area contributed by atoms with Gasteiger partial charge in [0.05, 0.1) is 41.5 Å². The number of aromatic hydroxyl groups is 1. The van der Waals surface area contributed by atoms with Crippen molar-refractivity contribution in [3.8, 4) is 28.7 Å². The number of benzene rings is 2. The molecule has 0 saturated carbocycles. The number of likely N-dealkylation sites (N-methyl/N-ethyl adjacent to an activating group) is 1. The number of hydrogen-bond donors (Lipinski definition) is 1. The third-order valence-electron chi connectivity index (χ3n) is 8.97. The summed E-state index contributed by atoms with van der Waals surface area (Å²) in [5.41, 5.74) is 5.03. The number of nitrogens with zero attached hydrogens (tertiary/aromatic N) is 2. The molecule has 4 atom stereocenters. The van der Waals surface area contributed by atoms with Crippen LogP contribution < -0.4 is 18.9 Å². The number of rotatable bonds is 2. The fraction of sp³-hybridized carbons (Fsp3) is 0.433. The second-order valence-corrected chi connectivity index (χ2v) is 12.4. The molecule has 12 heteroatoms. The van der Waals surface area contributed by atoms with Gasteiger partial charge in [0.25, 0.3) is 0 Å². The van der Waals surface area contributed by atoms with Gasteiger partial charge in [0.15, 0.2) is 23.0 Å². The van der Waals surface area contributed by atoms with Crippen molar-refractivity contribution in [2.75, 3.05) is 33.2 Å². The lowest BCUT2D eigenvalue weighted by atomic mass is 9.74. The molecule has 0 aromatic heterocycles. The van der Waals surface area contributed by atoms with Crippen molar-refractivity contribution < 1.29 is 43.2 Å². The third-order valence-corrected chi connectivity index (χ3v) is 10.3. The van der Waals surface area contributed by atoms with Gasteiger partial charge < -0.3 is 33.7 Å². The number of phenolic OH excluding ortho intramolecular Hbond substituents is 1. The average molecular weight is 595 g/mol. The number of esters is 2. The summed E-state index contributed by atoms with van der Waals surface area (Å²) in [6, 6.07) is 1.42.